The molecule has 0 saturated carbocycles. The predicted octanol–water partition coefficient (Wildman–Crippen LogP) is 2.90. The summed E-state index contributed by atoms with van der Waals surface area (Å²) in [5, 5.41) is 9.40. The number of carbonyl (C=O) groups excluding carboxylic acids is 1. The zero-order valence-electron chi connectivity index (χ0n) is 15.1. The molecule has 1 fully saturated rings. The first-order valence-electron chi connectivity index (χ1n) is 9.06. The number of carboxylic acid groups (broad SMARTS) is 1. The van der Waals surface area contributed by atoms with E-state index < -0.39 is 5.97 Å². The number of hydrogen-bond donors (Lipinski definition) is 1. The van der Waals surface area contributed by atoms with Crippen LogP contribution >= 0.6 is 0 Å². The van der Waals surface area contributed by atoms with Gasteiger partial charge in [0.25, 0.3) is 0 Å². The Morgan fingerprint density at radius 2 is 2.04 bits per heavy atom. The van der Waals surface area contributed by atoms with Gasteiger partial charge in [0, 0.05) is 31.4 Å². The highest BCUT2D eigenvalue weighted by molar-refractivity contribution is 5.89. The minimum Gasteiger partial charge on any atom is -0.478 e. The molecule has 138 valence electrons. The second-order valence-electron chi connectivity index (χ2n) is 7.03. The quantitative estimate of drug-likeness (QED) is 0.773. The zero-order valence-corrected chi connectivity index (χ0v) is 15.1. The summed E-state index contributed by atoms with van der Waals surface area (Å²) in [6, 6.07) is 11.0. The fraction of sp³-hybridized carbons (Fsp3) is 0.286. The van der Waals surface area contributed by atoms with Gasteiger partial charge in [-0.05, 0) is 36.6 Å². The van der Waals surface area contributed by atoms with Gasteiger partial charge in [-0.1, -0.05) is 24.3 Å². The number of aromatic carboxylic acids is 1. The van der Waals surface area contributed by atoms with Crippen molar-refractivity contribution in [3.05, 3.63) is 71.2 Å². The summed E-state index contributed by atoms with van der Waals surface area (Å²) in [7, 11) is 0. The summed E-state index contributed by atoms with van der Waals surface area (Å²) in [4.78, 5) is 30.5. The van der Waals surface area contributed by atoms with Gasteiger partial charge in [-0.25, -0.2) is 9.78 Å². The molecule has 6 nitrogen and oxygen atoms in total. The van der Waals surface area contributed by atoms with Gasteiger partial charge in [0.2, 0.25) is 5.91 Å². The number of carbonyl (C=O) groups is 2. The van der Waals surface area contributed by atoms with Crippen molar-refractivity contribution >= 4 is 17.5 Å². The molecule has 0 bridgehead atoms. The van der Waals surface area contributed by atoms with Crippen LogP contribution in [0.15, 0.2) is 48.8 Å². The number of aryl methyl sites for hydroxylation is 1. The van der Waals surface area contributed by atoms with Crippen LogP contribution in [0.2, 0.25) is 0 Å². The Morgan fingerprint density at radius 1 is 1.22 bits per heavy atom. The molecule has 3 heterocycles. The van der Waals surface area contributed by atoms with Gasteiger partial charge in [-0.2, -0.15) is 0 Å². The van der Waals surface area contributed by atoms with Gasteiger partial charge >= 0.3 is 5.97 Å². The van der Waals surface area contributed by atoms with E-state index in [1.807, 2.05) is 46.7 Å². The van der Waals surface area contributed by atoms with Crippen LogP contribution in [0, 0.1) is 6.92 Å². The van der Waals surface area contributed by atoms with Crippen LogP contribution in [-0.4, -0.2) is 44.4 Å². The largest absolute Gasteiger partial charge is 0.478 e. The summed E-state index contributed by atoms with van der Waals surface area (Å²) in [5.74, 6) is -0.809. The summed E-state index contributed by atoms with van der Waals surface area (Å²) < 4.78 is 1.96. The molecule has 6 heteroatoms. The van der Waals surface area contributed by atoms with E-state index >= 15 is 0 Å². The average Bonchev–Trinajstić information content (AvgIpc) is 3.30. The van der Waals surface area contributed by atoms with Crippen LogP contribution < -0.4 is 0 Å². The normalized spacial score (nSPS) is 16.8. The first-order chi connectivity index (χ1) is 13.0. The minimum atomic E-state index is -0.920. The molecule has 1 aromatic carbocycles. The Bertz CT molecular complexity index is 1020. The Balaban J connectivity index is 1.50. The summed E-state index contributed by atoms with van der Waals surface area (Å²) in [6.07, 6.45) is 4.75. The number of pyridine rings is 1. The maximum Gasteiger partial charge on any atom is 0.335 e. The molecule has 3 aromatic rings. The highest BCUT2D eigenvalue weighted by atomic mass is 16.4. The van der Waals surface area contributed by atoms with Crippen molar-refractivity contribution in [2.75, 3.05) is 13.1 Å². The highest BCUT2D eigenvalue weighted by Crippen LogP contribution is 2.30. The second-order valence-corrected chi connectivity index (χ2v) is 7.03. The maximum absolute atomic E-state index is 12.8. The molecule has 1 atom stereocenters. The number of likely N-dealkylation sites (tertiary alicyclic amines) is 1. The Morgan fingerprint density at radius 3 is 2.85 bits per heavy atom. The van der Waals surface area contributed by atoms with Crippen molar-refractivity contribution in [1.29, 1.82) is 0 Å². The SMILES string of the molecule is Cc1cccn2c(CC(=O)N3CC[C@@H](c4ccccc4C(=O)O)C3)cnc12. The van der Waals surface area contributed by atoms with E-state index in [1.54, 1.807) is 18.3 Å². The number of imidazole rings is 1. The molecule has 0 unspecified atom stereocenters. The summed E-state index contributed by atoms with van der Waals surface area (Å²) >= 11 is 0. The number of aromatic nitrogens is 2. The molecule has 2 aromatic heterocycles. The first-order valence-corrected chi connectivity index (χ1v) is 9.06. The second kappa shape index (κ2) is 6.87. The third-order valence-corrected chi connectivity index (χ3v) is 5.31. The number of carboxylic acids is 1. The van der Waals surface area contributed by atoms with Crippen LogP contribution in [0.5, 0.6) is 0 Å². The number of fused-ring (bicyclic) bond motifs is 1. The van der Waals surface area contributed by atoms with Gasteiger partial charge < -0.3 is 14.4 Å². The zero-order chi connectivity index (χ0) is 19.0. The molecule has 0 radical (unpaired) electrons. The topological polar surface area (TPSA) is 74.9 Å². The average molecular weight is 363 g/mol. The molecule has 0 spiro atoms. The molecule has 0 aliphatic carbocycles. The number of amides is 1. The van der Waals surface area contributed by atoms with Gasteiger partial charge in [0.1, 0.15) is 5.65 Å². The van der Waals surface area contributed by atoms with E-state index in [1.165, 1.54) is 0 Å². The van der Waals surface area contributed by atoms with E-state index in [-0.39, 0.29) is 18.2 Å². The van der Waals surface area contributed by atoms with Crippen LogP contribution in [0.3, 0.4) is 0 Å². The van der Waals surface area contributed by atoms with Crippen molar-refractivity contribution < 1.29 is 14.7 Å². The number of hydrogen-bond acceptors (Lipinski definition) is 3. The van der Waals surface area contributed by atoms with Crippen LogP contribution in [0.4, 0.5) is 0 Å². The Labute approximate surface area is 157 Å². The van der Waals surface area contributed by atoms with Crippen molar-refractivity contribution in [2.45, 2.75) is 25.7 Å². The molecule has 4 rings (SSSR count). The smallest absolute Gasteiger partial charge is 0.335 e. The van der Waals surface area contributed by atoms with Gasteiger partial charge in [0.05, 0.1) is 17.7 Å². The van der Waals surface area contributed by atoms with Crippen molar-refractivity contribution in [2.24, 2.45) is 0 Å². The minimum absolute atomic E-state index is 0.0496. The van der Waals surface area contributed by atoms with Crippen LogP contribution in [0.25, 0.3) is 5.65 Å². The third-order valence-electron chi connectivity index (χ3n) is 5.31. The van der Waals surface area contributed by atoms with E-state index in [0.717, 1.165) is 28.9 Å². The lowest BCUT2D eigenvalue weighted by atomic mass is 9.93. The van der Waals surface area contributed by atoms with E-state index in [4.69, 9.17) is 0 Å². The standard InChI is InChI=1S/C21H21N3O3/c1-14-5-4-9-24-16(12-22-20(14)24)11-19(25)23-10-8-15(13-23)17-6-2-3-7-18(17)21(26)27/h2-7,9,12,15H,8,10-11,13H2,1H3,(H,26,27)/t15-/m1/s1. The maximum atomic E-state index is 12.8. The molecule has 1 saturated heterocycles. The van der Waals surface area contributed by atoms with E-state index in [0.29, 0.717) is 18.7 Å². The fourth-order valence-electron chi connectivity index (χ4n) is 3.89. The third kappa shape index (κ3) is 3.18. The number of benzene rings is 1. The molecular formula is C21H21N3O3. The van der Waals surface area contributed by atoms with Crippen LogP contribution in [-0.2, 0) is 11.2 Å². The predicted molar refractivity (Wildman–Crippen MR) is 101 cm³/mol. The van der Waals surface area contributed by atoms with E-state index in [9.17, 15) is 14.7 Å². The lowest BCUT2D eigenvalue weighted by molar-refractivity contribution is -0.129. The van der Waals surface area contributed by atoms with Crippen LogP contribution in [0.1, 0.15) is 39.5 Å². The molecule has 1 aliphatic heterocycles. The number of rotatable bonds is 4. The van der Waals surface area contributed by atoms with Crippen molar-refractivity contribution in [3.63, 3.8) is 0 Å². The molecule has 1 aliphatic rings. The summed E-state index contributed by atoms with van der Waals surface area (Å²) in [5.41, 5.74) is 3.95. The molecule has 1 N–H and O–H groups in total. The lowest BCUT2D eigenvalue weighted by Crippen LogP contribution is -2.30. The number of nitrogens with zero attached hydrogens (tertiary/aromatic N) is 3. The van der Waals surface area contributed by atoms with Gasteiger partial charge in [-0.3, -0.25) is 4.79 Å². The van der Waals surface area contributed by atoms with Gasteiger partial charge in [0.15, 0.2) is 0 Å². The summed E-state index contributed by atoms with van der Waals surface area (Å²) in [6.45, 7) is 3.20. The lowest BCUT2D eigenvalue weighted by Gasteiger charge is -2.17. The first kappa shape index (κ1) is 17.3. The fourth-order valence-corrected chi connectivity index (χ4v) is 3.89. The van der Waals surface area contributed by atoms with Crippen molar-refractivity contribution in [3.8, 4) is 0 Å². The van der Waals surface area contributed by atoms with Crippen molar-refractivity contribution in [1.82, 2.24) is 14.3 Å². The monoisotopic (exact) mass is 363 g/mol. The molecule has 1 amide bonds. The Kier molecular flexibility index (Phi) is 4.39. The van der Waals surface area contributed by atoms with E-state index in [2.05, 4.69) is 4.98 Å². The van der Waals surface area contributed by atoms with Gasteiger partial charge in [-0.15, -0.1) is 0 Å². The molecular weight excluding hydrogens is 342 g/mol. The Hall–Kier alpha value is -3.15. The highest BCUT2D eigenvalue weighted by Gasteiger charge is 2.30. The molecule has 27 heavy (non-hydrogen) atoms.